The fraction of sp³-hybridized carbons (Fsp3) is 0.300. The average molecular weight is 488 g/mol. The Hall–Kier alpha value is -3.77. The van der Waals surface area contributed by atoms with Crippen LogP contribution < -0.4 is 0 Å². The molecule has 0 unspecified atom stereocenters. The van der Waals surface area contributed by atoms with Crippen molar-refractivity contribution in [2.75, 3.05) is 6.61 Å². The van der Waals surface area contributed by atoms with Gasteiger partial charge in [0, 0.05) is 23.5 Å². The molecule has 0 aliphatic carbocycles. The molecule has 36 heavy (non-hydrogen) atoms. The Labute approximate surface area is 211 Å². The second kappa shape index (κ2) is 11.3. The highest BCUT2D eigenvalue weighted by Crippen LogP contribution is 2.32. The number of nitrogens with zero attached hydrogens (tertiary/aromatic N) is 1. The number of benzene rings is 3. The molecule has 0 radical (unpaired) electrons. The zero-order chi connectivity index (χ0) is 25.7. The van der Waals surface area contributed by atoms with Gasteiger partial charge in [-0.05, 0) is 61.2 Å². The number of fused-ring (bicyclic) bond motifs is 1. The lowest BCUT2D eigenvalue weighted by Gasteiger charge is -2.12. The number of unbranched alkanes of at least 4 members (excludes halogenated alkanes) is 1. The Balaban J connectivity index is 1.49. The fourth-order valence-corrected chi connectivity index (χ4v) is 4.43. The van der Waals surface area contributed by atoms with E-state index in [0.29, 0.717) is 17.5 Å². The predicted octanol–water partition coefficient (Wildman–Crippen LogP) is 5.51. The first kappa shape index (κ1) is 25.3. The van der Waals surface area contributed by atoms with Gasteiger partial charge in [-0.1, -0.05) is 49.2 Å². The topological polar surface area (TPSA) is 91.9 Å². The van der Waals surface area contributed by atoms with Crippen LogP contribution in [0.3, 0.4) is 0 Å². The molecule has 0 amide bonds. The van der Waals surface area contributed by atoms with Crippen LogP contribution in [0, 0.1) is 6.92 Å². The maximum Gasteiger partial charge on any atom is 0.338 e. The van der Waals surface area contributed by atoms with Crippen LogP contribution in [0.15, 0.2) is 66.9 Å². The van der Waals surface area contributed by atoms with E-state index in [1.54, 1.807) is 24.3 Å². The van der Waals surface area contributed by atoms with Crippen LogP contribution in [0.4, 0.5) is 0 Å². The molecule has 0 aliphatic heterocycles. The molecule has 0 aliphatic rings. The molecule has 6 heteroatoms. The van der Waals surface area contributed by atoms with Crippen LogP contribution in [-0.2, 0) is 24.1 Å². The van der Waals surface area contributed by atoms with Gasteiger partial charge >= 0.3 is 5.97 Å². The molecule has 0 fully saturated rings. The van der Waals surface area contributed by atoms with Crippen LogP contribution in [-0.4, -0.2) is 38.6 Å². The van der Waals surface area contributed by atoms with Gasteiger partial charge in [0.05, 0.1) is 23.8 Å². The summed E-state index contributed by atoms with van der Waals surface area (Å²) in [7, 11) is 0. The van der Waals surface area contributed by atoms with Crippen molar-refractivity contribution in [1.29, 1.82) is 0 Å². The van der Waals surface area contributed by atoms with E-state index in [-0.39, 0.29) is 24.7 Å². The molecule has 1 aromatic heterocycles. The standard InChI is InChI=1S/C30H33NO5/c1-3-4-7-21-14-28(33)26(29(34)15-21)18-31-17-23(25-8-5-6-9-27(25)31)16-24(32)19-36-30(35)22-12-10-20(2)11-13-22/h5-6,8-15,17,24,32-34H,3-4,7,16,18-19H2,1-2H3/t24-/m0/s1. The second-order valence-corrected chi connectivity index (χ2v) is 9.34. The Morgan fingerprint density at radius 1 is 1.03 bits per heavy atom. The molecule has 0 saturated heterocycles. The number of hydrogen-bond donors (Lipinski definition) is 3. The van der Waals surface area contributed by atoms with Gasteiger partial charge in [0.1, 0.15) is 18.1 Å². The summed E-state index contributed by atoms with van der Waals surface area (Å²) in [6.45, 7) is 4.21. The van der Waals surface area contributed by atoms with Gasteiger partial charge in [-0.15, -0.1) is 0 Å². The monoisotopic (exact) mass is 487 g/mol. The maximum atomic E-state index is 12.3. The second-order valence-electron chi connectivity index (χ2n) is 9.34. The largest absolute Gasteiger partial charge is 0.507 e. The number of carbonyl (C=O) groups excluding carboxylic acids is 1. The minimum Gasteiger partial charge on any atom is -0.507 e. The van der Waals surface area contributed by atoms with Crippen molar-refractivity contribution in [2.24, 2.45) is 0 Å². The molecule has 1 atom stereocenters. The maximum absolute atomic E-state index is 12.3. The van der Waals surface area contributed by atoms with E-state index >= 15 is 0 Å². The number of rotatable bonds is 10. The zero-order valence-electron chi connectivity index (χ0n) is 20.8. The van der Waals surface area contributed by atoms with E-state index in [0.717, 1.165) is 46.9 Å². The van der Waals surface area contributed by atoms with Crippen molar-refractivity contribution in [3.05, 3.63) is 94.7 Å². The lowest BCUT2D eigenvalue weighted by molar-refractivity contribution is 0.0259. The lowest BCUT2D eigenvalue weighted by atomic mass is 10.0. The van der Waals surface area contributed by atoms with E-state index in [4.69, 9.17) is 4.74 Å². The predicted molar refractivity (Wildman–Crippen MR) is 141 cm³/mol. The molecule has 3 aromatic carbocycles. The molecule has 1 heterocycles. The van der Waals surface area contributed by atoms with E-state index in [9.17, 15) is 20.1 Å². The number of aliphatic hydroxyl groups excluding tert-OH is 1. The number of para-hydroxylation sites is 1. The summed E-state index contributed by atoms with van der Waals surface area (Å²) in [6, 6.07) is 18.3. The summed E-state index contributed by atoms with van der Waals surface area (Å²) in [4.78, 5) is 12.3. The number of phenolic OH excluding ortho intramolecular Hbond substituents is 2. The summed E-state index contributed by atoms with van der Waals surface area (Å²) in [5.41, 5.74) is 4.68. The van der Waals surface area contributed by atoms with Gasteiger partial charge < -0.3 is 24.6 Å². The molecule has 6 nitrogen and oxygen atoms in total. The minimum atomic E-state index is -0.877. The summed E-state index contributed by atoms with van der Waals surface area (Å²) >= 11 is 0. The van der Waals surface area contributed by atoms with Crippen LogP contribution >= 0.6 is 0 Å². The number of aliphatic hydroxyl groups is 1. The van der Waals surface area contributed by atoms with Gasteiger partial charge in [0.25, 0.3) is 0 Å². The third-order valence-corrected chi connectivity index (χ3v) is 6.43. The molecule has 188 valence electrons. The van der Waals surface area contributed by atoms with Gasteiger partial charge in [0.2, 0.25) is 0 Å². The summed E-state index contributed by atoms with van der Waals surface area (Å²) < 4.78 is 7.28. The van der Waals surface area contributed by atoms with E-state index in [1.807, 2.05) is 54.1 Å². The SMILES string of the molecule is CCCCc1cc(O)c(Cn2cc(C[C@H](O)COC(=O)c3ccc(C)cc3)c3ccccc32)c(O)c1. The Kier molecular flexibility index (Phi) is 7.96. The van der Waals surface area contributed by atoms with Gasteiger partial charge in [-0.2, -0.15) is 0 Å². The van der Waals surface area contributed by atoms with Gasteiger partial charge in [-0.3, -0.25) is 0 Å². The van der Waals surface area contributed by atoms with Crippen molar-refractivity contribution >= 4 is 16.9 Å². The number of esters is 1. The third-order valence-electron chi connectivity index (χ3n) is 6.43. The molecule has 4 aromatic rings. The summed E-state index contributed by atoms with van der Waals surface area (Å²) in [6.07, 6.45) is 4.17. The average Bonchev–Trinajstić information content (AvgIpc) is 3.21. The summed E-state index contributed by atoms with van der Waals surface area (Å²) in [5, 5.41) is 32.8. The van der Waals surface area contributed by atoms with Crippen LogP contribution in [0.1, 0.15) is 52.4 Å². The first-order valence-electron chi connectivity index (χ1n) is 12.4. The number of hydrogen-bond acceptors (Lipinski definition) is 5. The summed E-state index contributed by atoms with van der Waals surface area (Å²) in [5.74, 6) is -0.322. The molecule has 0 bridgehead atoms. The Bertz CT molecular complexity index is 1320. The normalized spacial score (nSPS) is 12.1. The van der Waals surface area contributed by atoms with Gasteiger partial charge in [0.15, 0.2) is 0 Å². The molecule has 3 N–H and O–H groups in total. The van der Waals surface area contributed by atoms with Crippen molar-refractivity contribution in [2.45, 2.75) is 52.2 Å². The van der Waals surface area contributed by atoms with E-state index < -0.39 is 12.1 Å². The molecular weight excluding hydrogens is 454 g/mol. The number of ether oxygens (including phenoxy) is 1. The molecule has 0 saturated carbocycles. The zero-order valence-corrected chi connectivity index (χ0v) is 20.8. The van der Waals surface area contributed by atoms with Crippen molar-refractivity contribution in [3.63, 3.8) is 0 Å². The number of aryl methyl sites for hydroxylation is 2. The van der Waals surface area contributed by atoms with Crippen LogP contribution in [0.25, 0.3) is 10.9 Å². The van der Waals surface area contributed by atoms with Crippen LogP contribution in [0.2, 0.25) is 0 Å². The third kappa shape index (κ3) is 5.89. The molecular formula is C30H33NO5. The van der Waals surface area contributed by atoms with Crippen molar-refractivity contribution < 1.29 is 24.9 Å². The first-order chi connectivity index (χ1) is 17.4. The highest BCUT2D eigenvalue weighted by molar-refractivity contribution is 5.89. The van der Waals surface area contributed by atoms with Crippen molar-refractivity contribution in [1.82, 2.24) is 4.57 Å². The lowest BCUT2D eigenvalue weighted by Crippen LogP contribution is -2.21. The smallest absolute Gasteiger partial charge is 0.338 e. The number of phenols is 2. The highest BCUT2D eigenvalue weighted by Gasteiger charge is 2.17. The number of aromatic hydroxyl groups is 2. The first-order valence-corrected chi connectivity index (χ1v) is 12.4. The Morgan fingerprint density at radius 3 is 2.42 bits per heavy atom. The quantitative estimate of drug-likeness (QED) is 0.257. The minimum absolute atomic E-state index is 0.0727. The molecule has 0 spiro atoms. The Morgan fingerprint density at radius 2 is 1.72 bits per heavy atom. The van der Waals surface area contributed by atoms with Gasteiger partial charge in [-0.25, -0.2) is 4.79 Å². The number of aromatic nitrogens is 1. The van der Waals surface area contributed by atoms with Crippen LogP contribution in [0.5, 0.6) is 11.5 Å². The van der Waals surface area contributed by atoms with Crippen molar-refractivity contribution in [3.8, 4) is 11.5 Å². The number of carbonyl (C=O) groups is 1. The van der Waals surface area contributed by atoms with E-state index in [1.165, 1.54) is 0 Å². The highest BCUT2D eigenvalue weighted by atomic mass is 16.5. The van der Waals surface area contributed by atoms with E-state index in [2.05, 4.69) is 6.92 Å². The fourth-order valence-electron chi connectivity index (χ4n) is 4.43. The molecule has 4 rings (SSSR count).